The molecule has 23 heavy (non-hydrogen) atoms. The van der Waals surface area contributed by atoms with Gasteiger partial charge in [-0.1, -0.05) is 23.4 Å². The third kappa shape index (κ3) is 3.78. The number of hydrogen-bond donors (Lipinski definition) is 1. The zero-order valence-corrected chi connectivity index (χ0v) is 14.1. The van der Waals surface area contributed by atoms with Gasteiger partial charge in [0.05, 0.1) is 0 Å². The average molecular weight is 335 g/mol. The van der Waals surface area contributed by atoms with Gasteiger partial charge in [-0.3, -0.25) is 0 Å². The molecule has 3 aromatic rings. The molecule has 1 N–H and O–H groups in total. The van der Waals surface area contributed by atoms with Crippen LogP contribution in [0.25, 0.3) is 23.0 Å². The molecule has 0 saturated heterocycles. The normalized spacial score (nSPS) is 12.0. The van der Waals surface area contributed by atoms with E-state index in [0.29, 0.717) is 35.5 Å². The van der Waals surface area contributed by atoms with E-state index < -0.39 is 0 Å². The van der Waals surface area contributed by atoms with Crippen molar-refractivity contribution < 1.29 is 8.94 Å². The van der Waals surface area contributed by atoms with Gasteiger partial charge in [0.1, 0.15) is 5.76 Å². The third-order valence-electron chi connectivity index (χ3n) is 3.47. The molecule has 0 aliphatic heterocycles. The predicted molar refractivity (Wildman–Crippen MR) is 89.4 cm³/mol. The van der Waals surface area contributed by atoms with Crippen LogP contribution in [0.15, 0.2) is 39.3 Å². The summed E-state index contributed by atoms with van der Waals surface area (Å²) in [6.45, 7) is 3.90. The maximum atomic E-state index is 5.72. The summed E-state index contributed by atoms with van der Waals surface area (Å²) in [6.07, 6.45) is 0.697. The lowest BCUT2D eigenvalue weighted by molar-refractivity contribution is 0.416. The largest absolute Gasteiger partial charge is 0.441 e. The summed E-state index contributed by atoms with van der Waals surface area (Å²) in [6, 6.07) is 10.0. The Morgan fingerprint density at radius 1 is 1.13 bits per heavy atom. The first-order valence-corrected chi connectivity index (χ1v) is 7.20. The van der Waals surface area contributed by atoms with Crippen molar-refractivity contribution in [3.63, 3.8) is 0 Å². The second-order valence-electron chi connectivity index (χ2n) is 5.20. The number of nitrogens with one attached hydrogen (secondary N) is 1. The van der Waals surface area contributed by atoms with Crippen molar-refractivity contribution in [2.45, 2.75) is 26.3 Å². The maximum absolute atomic E-state index is 5.72. The molecule has 2 aromatic heterocycles. The number of hydrogen-bond acceptors (Lipinski definition) is 6. The molecular weight excluding hydrogens is 316 g/mol. The first kappa shape index (κ1) is 17.2. The Kier molecular flexibility index (Phi) is 5.52. The standard InChI is InChI=1S/C16H18N4O2.ClH/c1-10(17-3)9-13-18-16(22-20-13)14-11(2)21-15(19-14)12-7-5-4-6-8-12;/h4-8,10,17H,9H2,1-3H3;1H. The van der Waals surface area contributed by atoms with Gasteiger partial charge < -0.3 is 14.3 Å². The van der Waals surface area contributed by atoms with E-state index in [4.69, 9.17) is 8.94 Å². The Hall–Kier alpha value is -2.18. The van der Waals surface area contributed by atoms with Crippen LogP contribution < -0.4 is 5.32 Å². The predicted octanol–water partition coefficient (Wildman–Crippen LogP) is 3.27. The molecule has 0 aliphatic carbocycles. The molecule has 0 spiro atoms. The fraction of sp³-hybridized carbons (Fsp3) is 0.312. The highest BCUT2D eigenvalue weighted by Crippen LogP contribution is 2.27. The number of halogens is 1. The SMILES string of the molecule is CNC(C)Cc1noc(-c2nc(-c3ccccc3)oc2C)n1.Cl. The van der Waals surface area contributed by atoms with Crippen molar-refractivity contribution >= 4 is 12.4 Å². The highest BCUT2D eigenvalue weighted by atomic mass is 35.5. The topological polar surface area (TPSA) is 77.0 Å². The second-order valence-corrected chi connectivity index (χ2v) is 5.20. The molecule has 1 atom stereocenters. The van der Waals surface area contributed by atoms with Crippen molar-refractivity contribution in [1.29, 1.82) is 0 Å². The highest BCUT2D eigenvalue weighted by Gasteiger charge is 2.19. The number of aryl methyl sites for hydroxylation is 1. The molecule has 0 saturated carbocycles. The Labute approximate surface area is 140 Å². The summed E-state index contributed by atoms with van der Waals surface area (Å²) in [5, 5.41) is 7.14. The van der Waals surface area contributed by atoms with Crippen molar-refractivity contribution in [2.75, 3.05) is 7.05 Å². The Balaban J connectivity index is 0.00000192. The minimum Gasteiger partial charge on any atom is -0.441 e. The molecule has 2 heterocycles. The van der Waals surface area contributed by atoms with Gasteiger partial charge in [0.15, 0.2) is 11.5 Å². The van der Waals surface area contributed by atoms with Gasteiger partial charge in [-0.25, -0.2) is 4.98 Å². The van der Waals surface area contributed by atoms with E-state index in [1.54, 1.807) is 0 Å². The van der Waals surface area contributed by atoms with Gasteiger partial charge >= 0.3 is 0 Å². The summed E-state index contributed by atoms with van der Waals surface area (Å²) in [4.78, 5) is 8.88. The second kappa shape index (κ2) is 7.39. The zero-order chi connectivity index (χ0) is 15.5. The van der Waals surface area contributed by atoms with Crippen molar-refractivity contribution in [3.05, 3.63) is 41.9 Å². The molecule has 0 amide bonds. The lowest BCUT2D eigenvalue weighted by atomic mass is 10.2. The van der Waals surface area contributed by atoms with Crippen LogP contribution in [0.4, 0.5) is 0 Å². The minimum atomic E-state index is 0. The molecule has 0 bridgehead atoms. The summed E-state index contributed by atoms with van der Waals surface area (Å²) in [5.74, 6) is 2.26. The van der Waals surface area contributed by atoms with Crippen molar-refractivity contribution in [1.82, 2.24) is 20.4 Å². The van der Waals surface area contributed by atoms with Crippen molar-refractivity contribution in [2.24, 2.45) is 0 Å². The summed E-state index contributed by atoms with van der Waals surface area (Å²) >= 11 is 0. The van der Waals surface area contributed by atoms with E-state index in [-0.39, 0.29) is 18.4 Å². The number of oxazole rings is 1. The number of aromatic nitrogens is 3. The molecule has 122 valence electrons. The number of nitrogens with zero attached hydrogens (tertiary/aromatic N) is 3. The average Bonchev–Trinajstić information content (AvgIpc) is 3.14. The van der Waals surface area contributed by atoms with Crippen LogP contribution in [0.5, 0.6) is 0 Å². The van der Waals surface area contributed by atoms with E-state index in [2.05, 4.69) is 27.4 Å². The van der Waals surface area contributed by atoms with Gasteiger partial charge in [0, 0.05) is 18.0 Å². The summed E-state index contributed by atoms with van der Waals surface area (Å²) < 4.78 is 11.0. The zero-order valence-electron chi connectivity index (χ0n) is 13.2. The number of rotatable bonds is 5. The van der Waals surface area contributed by atoms with Crippen LogP contribution in [0.3, 0.4) is 0 Å². The summed E-state index contributed by atoms with van der Waals surface area (Å²) in [7, 11) is 1.90. The molecule has 3 rings (SSSR count). The molecule has 7 heteroatoms. The number of likely N-dealkylation sites (N-methyl/N-ethyl adjacent to an activating group) is 1. The molecule has 0 aliphatic rings. The van der Waals surface area contributed by atoms with Gasteiger partial charge in [0.2, 0.25) is 5.89 Å². The van der Waals surface area contributed by atoms with Crippen LogP contribution in [-0.4, -0.2) is 28.2 Å². The van der Waals surface area contributed by atoms with Crippen LogP contribution in [0.1, 0.15) is 18.5 Å². The maximum Gasteiger partial charge on any atom is 0.280 e. The monoisotopic (exact) mass is 334 g/mol. The fourth-order valence-corrected chi connectivity index (χ4v) is 2.11. The first-order valence-electron chi connectivity index (χ1n) is 7.20. The number of benzene rings is 1. The van der Waals surface area contributed by atoms with Crippen LogP contribution in [0.2, 0.25) is 0 Å². The van der Waals surface area contributed by atoms with Gasteiger partial charge in [-0.05, 0) is 33.0 Å². The molecule has 1 aromatic carbocycles. The van der Waals surface area contributed by atoms with Gasteiger partial charge in [-0.2, -0.15) is 4.98 Å². The van der Waals surface area contributed by atoms with Crippen LogP contribution >= 0.6 is 12.4 Å². The molecule has 1 unspecified atom stereocenters. The Bertz CT molecular complexity index is 755. The third-order valence-corrected chi connectivity index (χ3v) is 3.47. The smallest absolute Gasteiger partial charge is 0.280 e. The fourth-order valence-electron chi connectivity index (χ4n) is 2.11. The summed E-state index contributed by atoms with van der Waals surface area (Å²) in [5.41, 5.74) is 1.51. The molecular formula is C16H19ClN4O2. The van der Waals surface area contributed by atoms with Gasteiger partial charge in [-0.15, -0.1) is 12.4 Å². The van der Waals surface area contributed by atoms with E-state index in [1.165, 1.54) is 0 Å². The first-order chi connectivity index (χ1) is 10.7. The van der Waals surface area contributed by atoms with E-state index in [1.807, 2.05) is 44.3 Å². The molecule has 6 nitrogen and oxygen atoms in total. The molecule has 0 radical (unpaired) electrons. The highest BCUT2D eigenvalue weighted by molar-refractivity contribution is 5.85. The Morgan fingerprint density at radius 3 is 2.57 bits per heavy atom. The van der Waals surface area contributed by atoms with E-state index in [0.717, 1.165) is 5.56 Å². The Morgan fingerprint density at radius 2 is 1.87 bits per heavy atom. The lowest BCUT2D eigenvalue weighted by Crippen LogP contribution is -2.24. The quantitative estimate of drug-likeness (QED) is 0.771. The van der Waals surface area contributed by atoms with Crippen molar-refractivity contribution in [3.8, 4) is 23.0 Å². The van der Waals surface area contributed by atoms with Crippen LogP contribution in [0, 0.1) is 6.92 Å². The van der Waals surface area contributed by atoms with Gasteiger partial charge in [0.25, 0.3) is 5.89 Å². The lowest BCUT2D eigenvalue weighted by Gasteiger charge is -2.04. The van der Waals surface area contributed by atoms with E-state index in [9.17, 15) is 0 Å². The van der Waals surface area contributed by atoms with E-state index >= 15 is 0 Å². The molecule has 0 fully saturated rings. The van der Waals surface area contributed by atoms with Crippen LogP contribution in [-0.2, 0) is 6.42 Å². The minimum absolute atomic E-state index is 0.